The summed E-state index contributed by atoms with van der Waals surface area (Å²) >= 11 is 0. The molecule has 16 saturated carbocycles. The van der Waals surface area contributed by atoms with Crippen LogP contribution >= 0.6 is 0 Å². The van der Waals surface area contributed by atoms with Crippen molar-refractivity contribution in [3.05, 3.63) is 0 Å². The van der Waals surface area contributed by atoms with E-state index in [4.69, 9.17) is 25.6 Å². The van der Waals surface area contributed by atoms with E-state index in [1.54, 1.807) is 0 Å². The Morgan fingerprint density at radius 3 is 0.651 bits per heavy atom. The molecule has 15 heteroatoms. The second-order valence-electron chi connectivity index (χ2n) is 38.8. The summed E-state index contributed by atoms with van der Waals surface area (Å²) in [7, 11) is -5.53. The molecule has 3 saturated heterocycles. The maximum Gasteiger partial charge on any atom is 0.477 e. The van der Waals surface area contributed by atoms with Crippen LogP contribution in [-0.2, 0) is 4.74 Å². The molecule has 2 spiro atoms. The number of ether oxygens (including phenoxy) is 1. The second-order valence-corrected chi connectivity index (χ2v) is 44.9. The van der Waals surface area contributed by atoms with Crippen LogP contribution in [0.15, 0.2) is 20.9 Å². The fourth-order valence-electron chi connectivity index (χ4n) is 27.1. The minimum atomic E-state index is -2.76. The lowest BCUT2D eigenvalue weighted by molar-refractivity contribution is -0.0871. The summed E-state index contributed by atoms with van der Waals surface area (Å²) in [6.45, 7) is 44.4. The molecule has 0 aromatic rings. The van der Waals surface area contributed by atoms with Crippen LogP contribution in [0.1, 0.15) is 278 Å². The number of hydrogen-bond acceptors (Lipinski definition) is 13. The molecule has 5 heterocycles. The van der Waals surface area contributed by atoms with E-state index < -0.39 is 17.4 Å². The van der Waals surface area contributed by atoms with Crippen molar-refractivity contribution in [1.29, 1.82) is 0 Å². The molecule has 83 heavy (non-hydrogen) atoms. The van der Waals surface area contributed by atoms with Crippen LogP contribution in [0.5, 0.6) is 0 Å². The molecular formula is C68H120N12OSi2. The Morgan fingerprint density at radius 1 is 0.313 bits per heavy atom. The zero-order valence-corrected chi connectivity index (χ0v) is 57.9. The monoisotopic (exact) mass is 1180 g/mol. The molecule has 0 N–H and O–H groups in total. The molecule has 0 aromatic heterocycles. The van der Waals surface area contributed by atoms with Gasteiger partial charge in [-0.2, -0.15) is 0 Å². The van der Waals surface area contributed by atoms with E-state index in [-0.39, 0.29) is 55.4 Å². The maximum atomic E-state index is 5.56. The summed E-state index contributed by atoms with van der Waals surface area (Å²) in [5.74, 6) is 10.9. The smallest absolute Gasteiger partial charge is 0.381 e. The lowest BCUT2D eigenvalue weighted by Crippen LogP contribution is -2.87. The van der Waals surface area contributed by atoms with Crippen molar-refractivity contribution in [3.63, 3.8) is 0 Å². The highest BCUT2D eigenvalue weighted by atomic mass is 28.4. The van der Waals surface area contributed by atoms with Crippen LogP contribution in [0.4, 0.5) is 0 Å². The fourth-order valence-corrected chi connectivity index (χ4v) is 40.5. The Bertz CT molecular complexity index is 2140. The quantitative estimate of drug-likeness (QED) is 0.256. The third-order valence-corrected chi connectivity index (χ3v) is 38.2. The molecule has 466 valence electrons. The van der Waals surface area contributed by atoms with Crippen LogP contribution in [0.25, 0.3) is 0 Å². The third-order valence-electron chi connectivity index (χ3n) is 26.8. The van der Waals surface area contributed by atoms with Crippen LogP contribution in [0, 0.1) is 71.0 Å². The zero-order chi connectivity index (χ0) is 58.3. The summed E-state index contributed by atoms with van der Waals surface area (Å²) in [6.07, 6.45) is 36.6. The van der Waals surface area contributed by atoms with E-state index in [0.717, 1.165) is 97.3 Å². The fraction of sp³-hybridized carbons (Fsp3) is 1.00. The van der Waals surface area contributed by atoms with Gasteiger partial charge in [0.25, 0.3) is 0 Å². The van der Waals surface area contributed by atoms with Crippen molar-refractivity contribution in [3.8, 4) is 0 Å². The standard InChI is InChI=1S/2C32H56N6Si.C4H8O/c2*1-28(2,3)35-21-30(7,8)36(29(4,5)6)39(35)37(31-15-22-9-23(16-31)11-24(10-22)17-31)33-34-38(39)32-18-25-12-26(19-32)14-27(13-25)20-32;1-2-4-5-3-1/h2*22-27H,9-21H2,1-8H3;1-4H2. The molecule has 0 unspecified atom stereocenters. The van der Waals surface area contributed by atoms with Gasteiger partial charge in [0.2, 0.25) is 0 Å². The Morgan fingerprint density at radius 2 is 0.506 bits per heavy atom. The van der Waals surface area contributed by atoms with Gasteiger partial charge in [-0.05, 0) is 349 Å². The van der Waals surface area contributed by atoms with E-state index in [0.29, 0.717) is 0 Å². The summed E-state index contributed by atoms with van der Waals surface area (Å²) < 4.78 is 28.6. The van der Waals surface area contributed by atoms with Gasteiger partial charge in [-0.25, -0.2) is 18.7 Å². The average molecular weight is 1180 g/mol. The summed E-state index contributed by atoms with van der Waals surface area (Å²) in [6, 6.07) is 0. The molecule has 21 aliphatic rings. The van der Waals surface area contributed by atoms with E-state index in [9.17, 15) is 0 Å². The molecule has 0 aromatic carbocycles. The van der Waals surface area contributed by atoms with Crippen molar-refractivity contribution in [1.82, 2.24) is 37.0 Å². The van der Waals surface area contributed by atoms with Crippen molar-refractivity contribution in [2.45, 2.75) is 333 Å². The van der Waals surface area contributed by atoms with Gasteiger partial charge in [0.15, 0.2) is 0 Å². The summed E-state index contributed by atoms with van der Waals surface area (Å²) in [5, 5.41) is 22.2. The minimum absolute atomic E-state index is 0.0339. The Kier molecular flexibility index (Phi) is 13.0. The molecule has 21 rings (SSSR count). The number of rotatable bonds is 4. The molecule has 19 fully saturated rings. The van der Waals surface area contributed by atoms with Gasteiger partial charge in [-0.3, -0.25) is 18.3 Å². The third kappa shape index (κ3) is 8.68. The SMILES string of the molecule is C1CCOC1.CC(C)(C)N1CC(C)(C)N(C(C)(C)C)[Si]12N(C13CC4CC(CC(C4)C1)C3)N=NN2C12CC3CC(CC(C3)C1)C2.CC(C)(C)N1CC(C)(C)N(C(C)(C)C)[Si]12N(C13CC4CC(CC(C4)C1)C3)N=NN2C12CC3CC(CC(C3)C1)C2. The van der Waals surface area contributed by atoms with Crippen molar-refractivity contribution in [2.75, 3.05) is 26.3 Å². The highest BCUT2D eigenvalue weighted by Crippen LogP contribution is 2.69. The van der Waals surface area contributed by atoms with Crippen molar-refractivity contribution < 1.29 is 4.74 Å². The Hall–Kier alpha value is -1.37. The minimum Gasteiger partial charge on any atom is -0.381 e. The Balaban J connectivity index is 0.000000131. The number of nitrogens with zero attached hydrogens (tertiary/aromatic N) is 12. The van der Waals surface area contributed by atoms with Gasteiger partial charge < -0.3 is 4.74 Å². The lowest BCUT2D eigenvalue weighted by atomic mass is 9.53. The van der Waals surface area contributed by atoms with Gasteiger partial charge in [0, 0.05) is 59.5 Å². The molecule has 0 amide bonds. The largest absolute Gasteiger partial charge is 0.477 e. The van der Waals surface area contributed by atoms with E-state index in [1.165, 1.54) is 167 Å². The highest BCUT2D eigenvalue weighted by molar-refractivity contribution is 6.71. The molecular weight excluding hydrogens is 1060 g/mol. The lowest BCUT2D eigenvalue weighted by Gasteiger charge is -2.67. The first-order valence-corrected chi connectivity index (χ1v) is 39.2. The first kappa shape index (κ1) is 58.0. The number of hydrogen-bond donors (Lipinski definition) is 0. The first-order chi connectivity index (χ1) is 38.8. The predicted octanol–water partition coefficient (Wildman–Crippen LogP) is 15.3. The molecule has 16 bridgehead atoms. The molecule has 5 aliphatic heterocycles. The summed E-state index contributed by atoms with van der Waals surface area (Å²) in [4.78, 5) is 0. The molecule has 0 atom stereocenters. The Labute approximate surface area is 507 Å². The van der Waals surface area contributed by atoms with Crippen molar-refractivity contribution in [2.24, 2.45) is 91.9 Å². The maximum absolute atomic E-state index is 5.56. The van der Waals surface area contributed by atoms with Gasteiger partial charge in [-0.1, -0.05) is 20.9 Å². The second kappa shape index (κ2) is 18.6. The predicted molar refractivity (Wildman–Crippen MR) is 337 cm³/mol. The van der Waals surface area contributed by atoms with Crippen molar-refractivity contribution >= 4 is 17.4 Å². The topological polar surface area (TPSA) is 84.6 Å². The van der Waals surface area contributed by atoms with E-state index in [1.807, 2.05) is 0 Å². The molecule has 0 radical (unpaired) electrons. The van der Waals surface area contributed by atoms with Gasteiger partial charge >= 0.3 is 17.4 Å². The van der Waals surface area contributed by atoms with Crippen LogP contribution in [-0.4, -0.2) is 136 Å². The van der Waals surface area contributed by atoms with E-state index in [2.05, 4.69) is 148 Å². The zero-order valence-electron chi connectivity index (χ0n) is 55.9. The van der Waals surface area contributed by atoms with Crippen LogP contribution in [0.2, 0.25) is 0 Å². The highest BCUT2D eigenvalue weighted by Gasteiger charge is 2.82. The van der Waals surface area contributed by atoms with Crippen LogP contribution < -0.4 is 0 Å². The normalized spacial score (nSPS) is 48.8. The van der Waals surface area contributed by atoms with Gasteiger partial charge in [0.1, 0.15) is 0 Å². The van der Waals surface area contributed by atoms with Gasteiger partial charge in [0.05, 0.1) is 22.2 Å². The van der Waals surface area contributed by atoms with E-state index >= 15 is 0 Å². The average Bonchev–Trinajstić information content (AvgIpc) is 1.57. The van der Waals surface area contributed by atoms with Crippen LogP contribution in [0.3, 0.4) is 0 Å². The first-order valence-electron chi connectivity index (χ1n) is 35.6. The van der Waals surface area contributed by atoms with Gasteiger partial charge in [-0.15, -0.1) is 0 Å². The molecule has 16 aliphatic carbocycles. The summed E-state index contributed by atoms with van der Waals surface area (Å²) in [5.41, 5.74) is 1.12. The molecule has 13 nitrogen and oxygen atoms in total.